The molecule has 0 radical (unpaired) electrons. The number of hydrogen-bond acceptors (Lipinski definition) is 5. The Morgan fingerprint density at radius 3 is 2.89 bits per heavy atom. The average Bonchev–Trinajstić information content (AvgIpc) is 2.80. The van der Waals surface area contributed by atoms with Gasteiger partial charge in [-0.15, -0.1) is 5.10 Å². The number of carbonyl (C=O) groups excluding carboxylic acids is 1. The summed E-state index contributed by atoms with van der Waals surface area (Å²) >= 11 is 0. The predicted molar refractivity (Wildman–Crippen MR) is 66.8 cm³/mol. The SMILES string of the molecule is CCOC(=O)c1nnn(-c2ccccc2C#N)c1C. The van der Waals surface area contributed by atoms with Crippen LogP contribution in [0.3, 0.4) is 0 Å². The van der Waals surface area contributed by atoms with Gasteiger partial charge in [-0.25, -0.2) is 9.48 Å². The summed E-state index contributed by atoms with van der Waals surface area (Å²) in [6.07, 6.45) is 0. The molecule has 19 heavy (non-hydrogen) atoms. The standard InChI is InChI=1S/C13H12N4O2/c1-3-19-13(18)12-9(2)17(16-15-12)11-7-5-4-6-10(11)8-14/h4-7H,3H2,1-2H3. The van der Waals surface area contributed by atoms with Crippen LogP contribution in [0.25, 0.3) is 5.69 Å². The molecule has 0 amide bonds. The van der Waals surface area contributed by atoms with Gasteiger partial charge in [0, 0.05) is 0 Å². The van der Waals surface area contributed by atoms with Gasteiger partial charge in [-0.2, -0.15) is 5.26 Å². The fraction of sp³-hybridized carbons (Fsp3) is 0.231. The smallest absolute Gasteiger partial charge is 0.360 e. The Balaban J connectivity index is 2.48. The van der Waals surface area contributed by atoms with Gasteiger partial charge in [0.25, 0.3) is 0 Å². The first kappa shape index (κ1) is 12.8. The Labute approximate surface area is 110 Å². The Hall–Kier alpha value is -2.68. The molecule has 0 unspecified atom stereocenters. The number of benzene rings is 1. The molecule has 2 rings (SSSR count). The van der Waals surface area contributed by atoms with Gasteiger partial charge in [-0.1, -0.05) is 17.3 Å². The number of hydrogen-bond donors (Lipinski definition) is 0. The zero-order chi connectivity index (χ0) is 13.8. The van der Waals surface area contributed by atoms with Crippen LogP contribution in [0.2, 0.25) is 0 Å². The van der Waals surface area contributed by atoms with Crippen molar-refractivity contribution in [3.05, 3.63) is 41.2 Å². The fourth-order valence-electron chi connectivity index (χ4n) is 1.70. The van der Waals surface area contributed by atoms with Crippen LogP contribution in [-0.2, 0) is 4.74 Å². The van der Waals surface area contributed by atoms with E-state index in [1.54, 1.807) is 38.1 Å². The van der Waals surface area contributed by atoms with E-state index in [0.717, 1.165) is 0 Å². The highest BCUT2D eigenvalue weighted by atomic mass is 16.5. The monoisotopic (exact) mass is 256 g/mol. The van der Waals surface area contributed by atoms with E-state index in [0.29, 0.717) is 16.9 Å². The summed E-state index contributed by atoms with van der Waals surface area (Å²) in [4.78, 5) is 11.7. The molecule has 0 aliphatic rings. The van der Waals surface area contributed by atoms with Gasteiger partial charge in [0.1, 0.15) is 6.07 Å². The van der Waals surface area contributed by atoms with Crippen LogP contribution in [0.15, 0.2) is 24.3 Å². The number of nitriles is 1. The van der Waals surface area contributed by atoms with Crippen molar-refractivity contribution in [3.63, 3.8) is 0 Å². The largest absolute Gasteiger partial charge is 0.461 e. The van der Waals surface area contributed by atoms with Crippen molar-refractivity contribution in [2.75, 3.05) is 6.61 Å². The Bertz CT molecular complexity index is 655. The number of esters is 1. The molecule has 0 N–H and O–H groups in total. The lowest BCUT2D eigenvalue weighted by atomic mass is 10.2. The summed E-state index contributed by atoms with van der Waals surface area (Å²) in [5, 5.41) is 16.8. The molecule has 1 heterocycles. The molecule has 0 saturated heterocycles. The number of para-hydroxylation sites is 1. The van der Waals surface area contributed by atoms with Crippen LogP contribution in [0.4, 0.5) is 0 Å². The van der Waals surface area contributed by atoms with Gasteiger partial charge in [0.2, 0.25) is 0 Å². The van der Waals surface area contributed by atoms with Crippen LogP contribution < -0.4 is 0 Å². The summed E-state index contributed by atoms with van der Waals surface area (Å²) in [6.45, 7) is 3.71. The maximum Gasteiger partial charge on any atom is 0.360 e. The van der Waals surface area contributed by atoms with E-state index < -0.39 is 5.97 Å². The van der Waals surface area contributed by atoms with Gasteiger partial charge < -0.3 is 4.74 Å². The molecule has 0 atom stereocenters. The lowest BCUT2D eigenvalue weighted by molar-refractivity contribution is 0.0518. The molecule has 0 fully saturated rings. The zero-order valence-corrected chi connectivity index (χ0v) is 10.6. The highest BCUT2D eigenvalue weighted by molar-refractivity contribution is 5.88. The fourth-order valence-corrected chi connectivity index (χ4v) is 1.70. The minimum Gasteiger partial charge on any atom is -0.461 e. The summed E-state index contributed by atoms with van der Waals surface area (Å²) in [5.41, 5.74) is 1.76. The molecule has 1 aromatic heterocycles. The summed E-state index contributed by atoms with van der Waals surface area (Å²) < 4.78 is 6.36. The highest BCUT2D eigenvalue weighted by Gasteiger charge is 2.19. The quantitative estimate of drug-likeness (QED) is 0.779. The van der Waals surface area contributed by atoms with Crippen molar-refractivity contribution in [3.8, 4) is 11.8 Å². The maximum absolute atomic E-state index is 11.7. The van der Waals surface area contributed by atoms with Gasteiger partial charge in [0.05, 0.1) is 23.6 Å². The summed E-state index contributed by atoms with van der Waals surface area (Å²) in [6, 6.07) is 9.06. The van der Waals surface area contributed by atoms with E-state index in [4.69, 9.17) is 10.00 Å². The normalized spacial score (nSPS) is 9.95. The van der Waals surface area contributed by atoms with Crippen LogP contribution in [-0.4, -0.2) is 27.6 Å². The number of aromatic nitrogens is 3. The molecule has 0 saturated carbocycles. The predicted octanol–water partition coefficient (Wildman–Crippen LogP) is 1.62. The first-order valence-corrected chi connectivity index (χ1v) is 5.78. The van der Waals surface area contributed by atoms with E-state index in [1.807, 2.05) is 0 Å². The molecule has 0 aliphatic carbocycles. The molecular formula is C13H12N4O2. The maximum atomic E-state index is 11.7. The van der Waals surface area contributed by atoms with Crippen molar-refractivity contribution in [1.82, 2.24) is 15.0 Å². The number of nitrogens with zero attached hydrogens (tertiary/aromatic N) is 4. The third-order valence-corrected chi connectivity index (χ3v) is 2.62. The van der Waals surface area contributed by atoms with E-state index in [1.165, 1.54) is 4.68 Å². The first-order valence-electron chi connectivity index (χ1n) is 5.78. The molecule has 0 spiro atoms. The van der Waals surface area contributed by atoms with Crippen LogP contribution >= 0.6 is 0 Å². The Morgan fingerprint density at radius 2 is 2.21 bits per heavy atom. The van der Waals surface area contributed by atoms with Crippen molar-refractivity contribution in [2.45, 2.75) is 13.8 Å². The molecule has 0 aliphatic heterocycles. The third-order valence-electron chi connectivity index (χ3n) is 2.62. The third kappa shape index (κ3) is 2.31. The molecule has 96 valence electrons. The highest BCUT2D eigenvalue weighted by Crippen LogP contribution is 2.16. The molecule has 6 nitrogen and oxygen atoms in total. The molecule has 6 heteroatoms. The van der Waals surface area contributed by atoms with Crippen molar-refractivity contribution < 1.29 is 9.53 Å². The van der Waals surface area contributed by atoms with Crippen LogP contribution in [0, 0.1) is 18.3 Å². The van der Waals surface area contributed by atoms with E-state index >= 15 is 0 Å². The molecule has 2 aromatic rings. The lowest BCUT2D eigenvalue weighted by Crippen LogP contribution is -2.08. The van der Waals surface area contributed by atoms with Gasteiger partial charge >= 0.3 is 5.97 Å². The minimum atomic E-state index is -0.513. The van der Waals surface area contributed by atoms with Gasteiger partial charge in [-0.3, -0.25) is 0 Å². The van der Waals surface area contributed by atoms with Crippen molar-refractivity contribution >= 4 is 5.97 Å². The number of rotatable bonds is 3. The van der Waals surface area contributed by atoms with Crippen molar-refractivity contribution in [1.29, 1.82) is 5.26 Å². The summed E-state index contributed by atoms with van der Waals surface area (Å²) in [5.74, 6) is -0.513. The molecule has 0 bridgehead atoms. The number of carbonyl (C=O) groups is 1. The lowest BCUT2D eigenvalue weighted by Gasteiger charge is -2.05. The average molecular weight is 256 g/mol. The Morgan fingerprint density at radius 1 is 1.47 bits per heavy atom. The van der Waals surface area contributed by atoms with Gasteiger partial charge in [-0.05, 0) is 26.0 Å². The van der Waals surface area contributed by atoms with Crippen LogP contribution in [0.5, 0.6) is 0 Å². The van der Waals surface area contributed by atoms with E-state index in [-0.39, 0.29) is 12.3 Å². The Kier molecular flexibility index (Phi) is 3.57. The topological polar surface area (TPSA) is 80.8 Å². The van der Waals surface area contributed by atoms with Crippen LogP contribution in [0.1, 0.15) is 28.7 Å². The van der Waals surface area contributed by atoms with E-state index in [2.05, 4.69) is 16.4 Å². The summed E-state index contributed by atoms with van der Waals surface area (Å²) in [7, 11) is 0. The molecular weight excluding hydrogens is 244 g/mol. The minimum absolute atomic E-state index is 0.162. The van der Waals surface area contributed by atoms with Crippen molar-refractivity contribution in [2.24, 2.45) is 0 Å². The first-order chi connectivity index (χ1) is 9.19. The zero-order valence-electron chi connectivity index (χ0n) is 10.6. The number of ether oxygens (including phenoxy) is 1. The van der Waals surface area contributed by atoms with E-state index in [9.17, 15) is 4.79 Å². The second kappa shape index (κ2) is 5.31. The second-order valence-corrected chi connectivity index (χ2v) is 3.78. The second-order valence-electron chi connectivity index (χ2n) is 3.78. The van der Waals surface area contributed by atoms with Gasteiger partial charge in [0.15, 0.2) is 5.69 Å². The molecule has 1 aromatic carbocycles.